The second kappa shape index (κ2) is 6.23. The molecule has 0 fully saturated rings. The number of hydrogen-bond donors (Lipinski definition) is 1. The van der Waals surface area contributed by atoms with Crippen LogP contribution in [0.1, 0.15) is 37.2 Å². The SMILES string of the molecule is CCCC(C)N(C)C(=O)Cn1cccc1C(=O)O. The molecule has 1 aromatic rings. The van der Waals surface area contributed by atoms with Crippen LogP contribution in [-0.4, -0.2) is 39.5 Å². The highest BCUT2D eigenvalue weighted by Crippen LogP contribution is 2.07. The van der Waals surface area contributed by atoms with E-state index in [-0.39, 0.29) is 24.2 Å². The molecule has 1 amide bonds. The van der Waals surface area contributed by atoms with E-state index >= 15 is 0 Å². The molecule has 1 N–H and O–H groups in total. The molecule has 1 heterocycles. The fourth-order valence-corrected chi connectivity index (χ4v) is 1.86. The van der Waals surface area contributed by atoms with E-state index in [1.54, 1.807) is 24.2 Å². The Morgan fingerprint density at radius 3 is 2.72 bits per heavy atom. The maximum atomic E-state index is 12.0. The summed E-state index contributed by atoms with van der Waals surface area (Å²) >= 11 is 0. The highest BCUT2D eigenvalue weighted by Gasteiger charge is 2.17. The van der Waals surface area contributed by atoms with Crippen LogP contribution in [0.4, 0.5) is 0 Å². The van der Waals surface area contributed by atoms with Gasteiger partial charge in [0, 0.05) is 19.3 Å². The Labute approximate surface area is 107 Å². The summed E-state index contributed by atoms with van der Waals surface area (Å²) in [5.74, 6) is -1.09. The summed E-state index contributed by atoms with van der Waals surface area (Å²) in [6, 6.07) is 3.29. The maximum Gasteiger partial charge on any atom is 0.352 e. The van der Waals surface area contributed by atoms with E-state index < -0.39 is 5.97 Å². The summed E-state index contributed by atoms with van der Waals surface area (Å²) < 4.78 is 1.46. The van der Waals surface area contributed by atoms with Crippen molar-refractivity contribution in [3.8, 4) is 0 Å². The van der Waals surface area contributed by atoms with Crippen LogP contribution in [0.2, 0.25) is 0 Å². The van der Waals surface area contributed by atoms with Gasteiger partial charge in [-0.1, -0.05) is 13.3 Å². The smallest absolute Gasteiger partial charge is 0.352 e. The normalized spacial score (nSPS) is 12.2. The van der Waals surface area contributed by atoms with Gasteiger partial charge in [-0.15, -0.1) is 0 Å². The van der Waals surface area contributed by atoms with E-state index in [1.165, 1.54) is 10.6 Å². The molecule has 0 spiro atoms. The fourth-order valence-electron chi connectivity index (χ4n) is 1.86. The first-order valence-electron chi connectivity index (χ1n) is 6.11. The number of amides is 1. The summed E-state index contributed by atoms with van der Waals surface area (Å²) in [6.45, 7) is 4.14. The summed E-state index contributed by atoms with van der Waals surface area (Å²) in [6.07, 6.45) is 3.57. The number of nitrogens with zero attached hydrogens (tertiary/aromatic N) is 2. The van der Waals surface area contributed by atoms with Crippen molar-refractivity contribution in [3.05, 3.63) is 24.0 Å². The quantitative estimate of drug-likeness (QED) is 0.840. The number of carboxylic acid groups (broad SMARTS) is 1. The lowest BCUT2D eigenvalue weighted by Gasteiger charge is -2.25. The van der Waals surface area contributed by atoms with Crippen LogP contribution in [-0.2, 0) is 11.3 Å². The number of rotatable bonds is 6. The van der Waals surface area contributed by atoms with Crippen LogP contribution in [0.3, 0.4) is 0 Å². The van der Waals surface area contributed by atoms with E-state index in [2.05, 4.69) is 6.92 Å². The van der Waals surface area contributed by atoms with Gasteiger partial charge < -0.3 is 14.6 Å². The van der Waals surface area contributed by atoms with E-state index in [0.717, 1.165) is 12.8 Å². The third kappa shape index (κ3) is 3.35. The van der Waals surface area contributed by atoms with E-state index in [9.17, 15) is 9.59 Å². The molecule has 1 rings (SSSR count). The topological polar surface area (TPSA) is 62.5 Å². The Morgan fingerprint density at radius 2 is 2.17 bits per heavy atom. The molecule has 0 bridgehead atoms. The summed E-state index contributed by atoms with van der Waals surface area (Å²) in [5, 5.41) is 8.95. The lowest BCUT2D eigenvalue weighted by molar-refractivity contribution is -0.132. The minimum absolute atomic E-state index is 0.0686. The van der Waals surface area contributed by atoms with Crippen LogP contribution in [0.5, 0.6) is 0 Å². The standard InChI is InChI=1S/C13H20N2O3/c1-4-6-10(2)14(3)12(16)9-15-8-5-7-11(15)13(17)18/h5,7-8,10H,4,6,9H2,1-3H3,(H,17,18). The van der Waals surface area contributed by atoms with Crippen LogP contribution in [0, 0.1) is 0 Å². The largest absolute Gasteiger partial charge is 0.477 e. The summed E-state index contributed by atoms with van der Waals surface area (Å²) in [5.41, 5.74) is 0.139. The lowest BCUT2D eigenvalue weighted by atomic mass is 10.2. The molecule has 5 nitrogen and oxygen atoms in total. The molecule has 0 radical (unpaired) electrons. The number of carbonyl (C=O) groups excluding carboxylic acids is 1. The molecule has 1 atom stereocenters. The van der Waals surface area contributed by atoms with Crippen molar-refractivity contribution < 1.29 is 14.7 Å². The van der Waals surface area contributed by atoms with Gasteiger partial charge >= 0.3 is 5.97 Å². The van der Waals surface area contributed by atoms with Crippen LogP contribution in [0.25, 0.3) is 0 Å². The van der Waals surface area contributed by atoms with Crippen LogP contribution < -0.4 is 0 Å². The lowest BCUT2D eigenvalue weighted by Crippen LogP contribution is -2.37. The van der Waals surface area contributed by atoms with Gasteiger partial charge in [-0.2, -0.15) is 0 Å². The van der Waals surface area contributed by atoms with Crippen molar-refractivity contribution in [1.82, 2.24) is 9.47 Å². The van der Waals surface area contributed by atoms with Crippen molar-refractivity contribution in [2.45, 2.75) is 39.3 Å². The molecule has 18 heavy (non-hydrogen) atoms. The van der Waals surface area contributed by atoms with Crippen molar-refractivity contribution in [1.29, 1.82) is 0 Å². The molecule has 0 saturated carbocycles. The van der Waals surface area contributed by atoms with Crippen molar-refractivity contribution in [3.63, 3.8) is 0 Å². The van der Waals surface area contributed by atoms with Gasteiger partial charge in [0.25, 0.3) is 0 Å². The number of carbonyl (C=O) groups is 2. The van der Waals surface area contributed by atoms with Gasteiger partial charge in [0.05, 0.1) is 0 Å². The van der Waals surface area contributed by atoms with Crippen molar-refractivity contribution in [2.24, 2.45) is 0 Å². The second-order valence-corrected chi connectivity index (χ2v) is 4.47. The first-order chi connectivity index (χ1) is 8.47. The predicted octanol–water partition coefficient (Wildman–Crippen LogP) is 1.83. The molecular weight excluding hydrogens is 232 g/mol. The highest BCUT2D eigenvalue weighted by molar-refractivity contribution is 5.86. The van der Waals surface area contributed by atoms with Gasteiger partial charge in [-0.05, 0) is 25.5 Å². The predicted molar refractivity (Wildman–Crippen MR) is 68.5 cm³/mol. The number of hydrogen-bond acceptors (Lipinski definition) is 2. The third-order valence-electron chi connectivity index (χ3n) is 3.12. The number of aromatic carboxylic acids is 1. The zero-order valence-electron chi connectivity index (χ0n) is 11.1. The molecule has 0 aromatic carbocycles. The zero-order valence-corrected chi connectivity index (χ0v) is 11.1. The van der Waals surface area contributed by atoms with Gasteiger partial charge in [0.15, 0.2) is 0 Å². The van der Waals surface area contributed by atoms with E-state index in [0.29, 0.717) is 0 Å². The summed E-state index contributed by atoms with van der Waals surface area (Å²) in [4.78, 5) is 24.6. The Kier molecular flexibility index (Phi) is 4.95. The first kappa shape index (κ1) is 14.3. The Bertz CT molecular complexity index is 426. The van der Waals surface area contributed by atoms with Crippen molar-refractivity contribution in [2.75, 3.05) is 7.05 Å². The Morgan fingerprint density at radius 1 is 1.50 bits per heavy atom. The van der Waals surface area contributed by atoms with E-state index in [1.807, 2.05) is 6.92 Å². The molecule has 0 aliphatic carbocycles. The monoisotopic (exact) mass is 252 g/mol. The minimum atomic E-state index is -1.02. The maximum absolute atomic E-state index is 12.0. The third-order valence-corrected chi connectivity index (χ3v) is 3.12. The van der Waals surface area contributed by atoms with Crippen LogP contribution >= 0.6 is 0 Å². The minimum Gasteiger partial charge on any atom is -0.477 e. The highest BCUT2D eigenvalue weighted by atomic mass is 16.4. The average Bonchev–Trinajstić information content (AvgIpc) is 2.76. The molecule has 0 saturated heterocycles. The molecule has 0 aliphatic rings. The number of aromatic nitrogens is 1. The first-order valence-corrected chi connectivity index (χ1v) is 6.11. The van der Waals surface area contributed by atoms with Crippen molar-refractivity contribution >= 4 is 11.9 Å². The zero-order chi connectivity index (χ0) is 13.7. The molecule has 1 unspecified atom stereocenters. The van der Waals surface area contributed by atoms with Gasteiger partial charge in [-0.25, -0.2) is 4.79 Å². The molecule has 100 valence electrons. The van der Waals surface area contributed by atoms with Gasteiger partial charge in [0.1, 0.15) is 12.2 Å². The summed E-state index contributed by atoms with van der Waals surface area (Å²) in [7, 11) is 1.76. The molecule has 5 heteroatoms. The second-order valence-electron chi connectivity index (χ2n) is 4.47. The number of carboxylic acids is 1. The van der Waals surface area contributed by atoms with E-state index in [4.69, 9.17) is 5.11 Å². The van der Waals surface area contributed by atoms with Crippen LogP contribution in [0.15, 0.2) is 18.3 Å². The molecular formula is C13H20N2O3. The Balaban J connectivity index is 2.69. The van der Waals surface area contributed by atoms with Gasteiger partial charge in [0.2, 0.25) is 5.91 Å². The molecule has 0 aliphatic heterocycles. The van der Waals surface area contributed by atoms with Gasteiger partial charge in [-0.3, -0.25) is 4.79 Å². The Hall–Kier alpha value is -1.78. The average molecular weight is 252 g/mol. The number of likely N-dealkylation sites (N-methyl/N-ethyl adjacent to an activating group) is 1. The fraction of sp³-hybridized carbons (Fsp3) is 0.538. The molecule has 1 aromatic heterocycles.